The Bertz CT molecular complexity index is 605. The van der Waals surface area contributed by atoms with Gasteiger partial charge in [-0.15, -0.1) is 0 Å². The highest BCUT2D eigenvalue weighted by molar-refractivity contribution is 6.30. The third-order valence-corrected chi connectivity index (χ3v) is 4.56. The van der Waals surface area contributed by atoms with Crippen molar-refractivity contribution in [1.29, 1.82) is 0 Å². The molecule has 2 heterocycles. The Kier molecular flexibility index (Phi) is 5.18. The van der Waals surface area contributed by atoms with Gasteiger partial charge >= 0.3 is 0 Å². The van der Waals surface area contributed by atoms with Crippen molar-refractivity contribution in [3.8, 4) is 0 Å². The number of oxime groups is 1. The molecule has 124 valence electrons. The molecule has 2 aliphatic rings. The molecule has 3 rings (SSSR count). The summed E-state index contributed by atoms with van der Waals surface area (Å²) >= 11 is 5.99. The van der Waals surface area contributed by atoms with Crippen molar-refractivity contribution in [1.82, 2.24) is 4.90 Å². The van der Waals surface area contributed by atoms with E-state index >= 15 is 0 Å². The van der Waals surface area contributed by atoms with E-state index in [0.717, 1.165) is 30.7 Å². The van der Waals surface area contributed by atoms with Crippen LogP contribution in [0, 0.1) is 0 Å². The molecule has 0 N–H and O–H groups in total. The maximum atomic E-state index is 12.6. The van der Waals surface area contributed by atoms with Crippen molar-refractivity contribution in [2.45, 2.75) is 37.9 Å². The van der Waals surface area contributed by atoms with Gasteiger partial charge in [0.25, 0.3) is 5.91 Å². The fourth-order valence-corrected chi connectivity index (χ4v) is 3.29. The van der Waals surface area contributed by atoms with Gasteiger partial charge < -0.3 is 14.5 Å². The van der Waals surface area contributed by atoms with Crippen LogP contribution in [0.5, 0.6) is 0 Å². The first-order valence-electron chi connectivity index (χ1n) is 7.93. The number of amides is 1. The Hall–Kier alpha value is -1.59. The number of likely N-dealkylation sites (tertiary alicyclic amines) is 1. The Morgan fingerprint density at radius 1 is 1.52 bits per heavy atom. The smallest absolute Gasteiger partial charge is 0.266 e. The summed E-state index contributed by atoms with van der Waals surface area (Å²) in [6.45, 7) is 1.40. The highest BCUT2D eigenvalue weighted by atomic mass is 35.5. The number of rotatable bonds is 4. The minimum Gasteiger partial charge on any atom is -0.382 e. The number of methoxy groups -OCH3 is 1. The average Bonchev–Trinajstić information content (AvgIpc) is 3.02. The second-order valence-electron chi connectivity index (χ2n) is 6.05. The largest absolute Gasteiger partial charge is 0.382 e. The maximum absolute atomic E-state index is 12.6. The van der Waals surface area contributed by atoms with E-state index in [-0.39, 0.29) is 12.0 Å². The van der Waals surface area contributed by atoms with Crippen LogP contribution in [0.4, 0.5) is 0 Å². The molecule has 1 fully saturated rings. The van der Waals surface area contributed by atoms with E-state index in [1.165, 1.54) is 0 Å². The SMILES string of the molecule is CO[C@@H]1CCCN(C(=O)[C@@H]2CC(Cc3cccc(Cl)c3)=NO2)C1. The number of piperidine rings is 1. The first kappa shape index (κ1) is 16.3. The number of benzene rings is 1. The van der Waals surface area contributed by atoms with Crippen LogP contribution in [-0.4, -0.2) is 48.9 Å². The lowest BCUT2D eigenvalue weighted by atomic mass is 10.0. The van der Waals surface area contributed by atoms with Gasteiger partial charge in [-0.3, -0.25) is 4.79 Å². The van der Waals surface area contributed by atoms with Crippen molar-refractivity contribution < 1.29 is 14.4 Å². The molecule has 0 radical (unpaired) electrons. The highest BCUT2D eigenvalue weighted by Crippen LogP contribution is 2.21. The molecule has 0 spiro atoms. The Morgan fingerprint density at radius 3 is 3.17 bits per heavy atom. The van der Waals surface area contributed by atoms with Gasteiger partial charge in [0.05, 0.1) is 11.8 Å². The van der Waals surface area contributed by atoms with Crippen LogP contribution in [0.2, 0.25) is 5.02 Å². The Balaban J connectivity index is 1.55. The normalized spacial score (nSPS) is 24.3. The van der Waals surface area contributed by atoms with Crippen molar-refractivity contribution >= 4 is 23.2 Å². The summed E-state index contributed by atoms with van der Waals surface area (Å²) in [6, 6.07) is 7.66. The first-order valence-corrected chi connectivity index (χ1v) is 8.31. The molecule has 1 saturated heterocycles. The molecule has 0 bridgehead atoms. The van der Waals surface area contributed by atoms with Gasteiger partial charge in [-0.25, -0.2) is 0 Å². The van der Waals surface area contributed by atoms with E-state index in [0.29, 0.717) is 24.4 Å². The summed E-state index contributed by atoms with van der Waals surface area (Å²) in [4.78, 5) is 19.8. The topological polar surface area (TPSA) is 51.1 Å². The number of hydrogen-bond donors (Lipinski definition) is 0. The van der Waals surface area contributed by atoms with E-state index in [2.05, 4.69) is 5.16 Å². The number of nitrogens with zero attached hydrogens (tertiary/aromatic N) is 2. The lowest BCUT2D eigenvalue weighted by Gasteiger charge is -2.32. The summed E-state index contributed by atoms with van der Waals surface area (Å²) in [6.07, 6.45) is 2.79. The van der Waals surface area contributed by atoms with Crippen LogP contribution in [0.1, 0.15) is 24.8 Å². The number of hydrogen-bond acceptors (Lipinski definition) is 4. The summed E-state index contributed by atoms with van der Waals surface area (Å²) in [5, 5.41) is 4.79. The van der Waals surface area contributed by atoms with Crippen LogP contribution in [-0.2, 0) is 20.8 Å². The zero-order chi connectivity index (χ0) is 16.2. The van der Waals surface area contributed by atoms with Gasteiger partial charge in [0, 0.05) is 38.1 Å². The minimum atomic E-state index is -0.500. The number of ether oxygens (including phenoxy) is 1. The molecule has 0 unspecified atom stereocenters. The van der Waals surface area contributed by atoms with Gasteiger partial charge in [-0.2, -0.15) is 0 Å². The zero-order valence-electron chi connectivity index (χ0n) is 13.2. The van der Waals surface area contributed by atoms with Crippen LogP contribution in [0.25, 0.3) is 0 Å². The standard InChI is InChI=1S/C17H21ClN2O3/c1-22-15-6-3-7-20(11-15)17(21)16-10-14(19-23-16)9-12-4-2-5-13(18)8-12/h2,4-5,8,15-16H,3,6-7,9-11H2,1H3/t15-,16+/m1/s1. The molecule has 6 heteroatoms. The third-order valence-electron chi connectivity index (χ3n) is 4.33. The van der Waals surface area contributed by atoms with Gasteiger partial charge in [0.2, 0.25) is 6.10 Å². The lowest BCUT2D eigenvalue weighted by Crippen LogP contribution is -2.47. The average molecular weight is 337 g/mol. The highest BCUT2D eigenvalue weighted by Gasteiger charge is 2.34. The van der Waals surface area contributed by atoms with Crippen LogP contribution in [0.15, 0.2) is 29.4 Å². The zero-order valence-corrected chi connectivity index (χ0v) is 14.0. The number of carbonyl (C=O) groups excluding carboxylic acids is 1. The van der Waals surface area contributed by atoms with Crippen LogP contribution >= 0.6 is 11.6 Å². The minimum absolute atomic E-state index is 0.0107. The van der Waals surface area contributed by atoms with E-state index in [4.69, 9.17) is 21.2 Å². The van der Waals surface area contributed by atoms with Crippen molar-refractivity contribution in [2.24, 2.45) is 5.16 Å². The van der Waals surface area contributed by atoms with Crippen LogP contribution < -0.4 is 0 Å². The summed E-state index contributed by atoms with van der Waals surface area (Å²) in [5.74, 6) is 0.0107. The van der Waals surface area contributed by atoms with Gasteiger partial charge in [0.1, 0.15) is 0 Å². The van der Waals surface area contributed by atoms with Gasteiger partial charge in [0.15, 0.2) is 0 Å². The van der Waals surface area contributed by atoms with Crippen molar-refractivity contribution in [3.63, 3.8) is 0 Å². The van der Waals surface area contributed by atoms with Crippen LogP contribution in [0.3, 0.4) is 0 Å². The van der Waals surface area contributed by atoms with E-state index in [1.807, 2.05) is 29.2 Å². The predicted molar refractivity (Wildman–Crippen MR) is 88.7 cm³/mol. The van der Waals surface area contributed by atoms with E-state index in [1.54, 1.807) is 7.11 Å². The third kappa shape index (κ3) is 4.03. The van der Waals surface area contributed by atoms with Crippen molar-refractivity contribution in [2.75, 3.05) is 20.2 Å². The molecule has 1 amide bonds. The predicted octanol–water partition coefficient (Wildman–Crippen LogP) is 2.66. The fourth-order valence-electron chi connectivity index (χ4n) is 3.08. The van der Waals surface area contributed by atoms with Gasteiger partial charge in [-0.05, 0) is 30.5 Å². The Morgan fingerprint density at radius 2 is 2.39 bits per heavy atom. The Labute approximate surface area is 141 Å². The molecular formula is C17H21ClN2O3. The maximum Gasteiger partial charge on any atom is 0.266 e. The van der Waals surface area contributed by atoms with E-state index in [9.17, 15) is 4.79 Å². The molecule has 5 nitrogen and oxygen atoms in total. The fraction of sp³-hybridized carbons (Fsp3) is 0.529. The van der Waals surface area contributed by atoms with E-state index < -0.39 is 6.10 Å². The monoisotopic (exact) mass is 336 g/mol. The molecule has 1 aromatic rings. The number of halogens is 1. The second-order valence-corrected chi connectivity index (χ2v) is 6.48. The molecule has 1 aromatic carbocycles. The molecule has 0 aromatic heterocycles. The summed E-state index contributed by atoms with van der Waals surface area (Å²) in [7, 11) is 1.69. The van der Waals surface area contributed by atoms with Crippen molar-refractivity contribution in [3.05, 3.63) is 34.9 Å². The molecular weight excluding hydrogens is 316 g/mol. The second kappa shape index (κ2) is 7.32. The number of carbonyl (C=O) groups is 1. The molecule has 2 aliphatic heterocycles. The summed E-state index contributed by atoms with van der Waals surface area (Å²) < 4.78 is 5.37. The molecule has 2 atom stereocenters. The molecule has 23 heavy (non-hydrogen) atoms. The quantitative estimate of drug-likeness (QED) is 0.849. The van der Waals surface area contributed by atoms with Gasteiger partial charge in [-0.1, -0.05) is 28.9 Å². The summed E-state index contributed by atoms with van der Waals surface area (Å²) in [5.41, 5.74) is 1.95. The molecule has 0 saturated carbocycles. The first-order chi connectivity index (χ1) is 11.2. The molecule has 0 aliphatic carbocycles. The lowest BCUT2D eigenvalue weighted by molar-refractivity contribution is -0.145.